The molecule has 1 aromatic heterocycles. The summed E-state index contributed by atoms with van der Waals surface area (Å²) >= 11 is 1.43. The summed E-state index contributed by atoms with van der Waals surface area (Å²) in [4.78, 5) is 18.1. The van der Waals surface area contributed by atoms with Gasteiger partial charge in [0.2, 0.25) is 10.0 Å². The molecule has 1 amide bonds. The van der Waals surface area contributed by atoms with Crippen molar-refractivity contribution >= 4 is 37.5 Å². The number of carbonyl (C=O) groups is 1. The second-order valence-electron chi connectivity index (χ2n) is 8.46. The molecule has 0 bridgehead atoms. The average molecular weight is 522 g/mol. The van der Waals surface area contributed by atoms with Gasteiger partial charge in [0.15, 0.2) is 4.80 Å². The monoisotopic (exact) mass is 521 g/mol. The Morgan fingerprint density at radius 2 is 1.75 bits per heavy atom. The first-order chi connectivity index (χ1) is 17.4. The lowest BCUT2D eigenvalue weighted by Gasteiger charge is -2.28. The van der Waals surface area contributed by atoms with Crippen LogP contribution in [-0.2, 0) is 29.5 Å². The molecule has 36 heavy (non-hydrogen) atoms. The van der Waals surface area contributed by atoms with Crippen molar-refractivity contribution in [3.63, 3.8) is 0 Å². The van der Waals surface area contributed by atoms with Crippen LogP contribution >= 0.6 is 11.3 Å². The van der Waals surface area contributed by atoms with E-state index in [9.17, 15) is 13.2 Å². The molecule has 3 aromatic carbocycles. The minimum absolute atomic E-state index is 0.172. The molecule has 186 valence electrons. The molecule has 0 radical (unpaired) electrons. The number of aryl methyl sites for hydroxylation is 1. The number of sulfonamides is 1. The van der Waals surface area contributed by atoms with Crippen molar-refractivity contribution in [2.75, 3.05) is 13.2 Å². The van der Waals surface area contributed by atoms with Crippen molar-refractivity contribution < 1.29 is 17.9 Å². The lowest BCUT2D eigenvalue weighted by molar-refractivity contribution is 0.0997. The van der Waals surface area contributed by atoms with Crippen molar-refractivity contribution in [2.45, 2.75) is 38.3 Å². The average Bonchev–Trinajstić information content (AvgIpc) is 3.26. The van der Waals surface area contributed by atoms with Crippen LogP contribution in [0.25, 0.3) is 10.2 Å². The van der Waals surface area contributed by atoms with Crippen molar-refractivity contribution in [2.24, 2.45) is 4.99 Å². The number of carbonyl (C=O) groups excluding carboxylic acids is 1. The molecule has 0 N–H and O–H groups in total. The van der Waals surface area contributed by atoms with E-state index in [-0.39, 0.29) is 4.90 Å². The minimum atomic E-state index is -3.67. The molecule has 0 saturated carbocycles. The van der Waals surface area contributed by atoms with Crippen molar-refractivity contribution in [1.82, 2.24) is 8.87 Å². The van der Waals surface area contributed by atoms with Gasteiger partial charge < -0.3 is 9.30 Å². The quantitative estimate of drug-likeness (QED) is 0.371. The summed E-state index contributed by atoms with van der Waals surface area (Å²) in [7, 11) is -3.67. The molecule has 2 heterocycles. The van der Waals surface area contributed by atoms with E-state index < -0.39 is 15.9 Å². The van der Waals surface area contributed by atoms with Crippen LogP contribution in [-0.4, -0.2) is 36.3 Å². The maximum absolute atomic E-state index is 13.2. The molecule has 0 fully saturated rings. The standard InChI is InChI=1S/C27H27N3O4S2/c1-3-30-25-23(34-4-2)10-7-11-24(25)35-27(30)28-26(31)20-12-14-22(15-13-20)36(32,33)29-17-16-19-8-5-6-9-21(19)18-29/h5-15H,3-4,16-18H2,1-2H3. The summed E-state index contributed by atoms with van der Waals surface area (Å²) in [6.45, 7) is 5.89. The number of amides is 1. The maximum Gasteiger partial charge on any atom is 0.279 e. The van der Waals surface area contributed by atoms with Crippen LogP contribution in [0, 0.1) is 0 Å². The highest BCUT2D eigenvalue weighted by molar-refractivity contribution is 7.89. The smallest absolute Gasteiger partial charge is 0.279 e. The molecule has 0 atom stereocenters. The third kappa shape index (κ3) is 4.50. The van der Waals surface area contributed by atoms with Gasteiger partial charge in [-0.15, -0.1) is 0 Å². The summed E-state index contributed by atoms with van der Waals surface area (Å²) in [6.07, 6.45) is 0.683. The number of nitrogens with zero attached hydrogens (tertiary/aromatic N) is 3. The van der Waals surface area contributed by atoms with E-state index in [2.05, 4.69) is 4.99 Å². The van der Waals surface area contributed by atoms with E-state index in [1.54, 1.807) is 0 Å². The molecule has 1 aliphatic heterocycles. The van der Waals surface area contributed by atoms with Crippen LogP contribution in [0.5, 0.6) is 5.75 Å². The number of benzene rings is 3. The zero-order valence-corrected chi connectivity index (χ0v) is 21.8. The highest BCUT2D eigenvalue weighted by Gasteiger charge is 2.28. The predicted octanol–water partition coefficient (Wildman–Crippen LogP) is 4.61. The normalized spacial score (nSPS) is 14.7. The molecule has 1 aliphatic rings. The Morgan fingerprint density at radius 3 is 2.47 bits per heavy atom. The highest BCUT2D eigenvalue weighted by atomic mass is 32.2. The molecule has 7 nitrogen and oxygen atoms in total. The second kappa shape index (κ2) is 10.0. The van der Waals surface area contributed by atoms with Crippen LogP contribution in [0.4, 0.5) is 0 Å². The molecule has 5 rings (SSSR count). The molecule has 0 saturated heterocycles. The van der Waals surface area contributed by atoms with E-state index in [4.69, 9.17) is 4.74 Å². The van der Waals surface area contributed by atoms with Gasteiger partial charge in [0.25, 0.3) is 5.91 Å². The molecule has 0 spiro atoms. The van der Waals surface area contributed by atoms with Crippen molar-refractivity contribution in [3.05, 3.63) is 88.2 Å². The van der Waals surface area contributed by atoms with E-state index in [0.717, 1.165) is 21.5 Å². The number of rotatable bonds is 6. The van der Waals surface area contributed by atoms with Crippen LogP contribution in [0.1, 0.15) is 35.3 Å². The van der Waals surface area contributed by atoms with Crippen LogP contribution in [0.3, 0.4) is 0 Å². The fourth-order valence-corrected chi connectivity index (χ4v) is 7.02. The van der Waals surface area contributed by atoms with Gasteiger partial charge in [-0.2, -0.15) is 9.30 Å². The molecule has 0 aliphatic carbocycles. The van der Waals surface area contributed by atoms with Gasteiger partial charge in [-0.25, -0.2) is 8.42 Å². The van der Waals surface area contributed by atoms with Gasteiger partial charge in [-0.05, 0) is 67.8 Å². The van der Waals surface area contributed by atoms with E-state index >= 15 is 0 Å². The number of thiazole rings is 1. The second-order valence-corrected chi connectivity index (χ2v) is 11.4. The summed E-state index contributed by atoms with van der Waals surface area (Å²) < 4.78 is 36.7. The molecule has 4 aromatic rings. The number of hydrogen-bond donors (Lipinski definition) is 0. The first-order valence-corrected chi connectivity index (χ1v) is 14.2. The summed E-state index contributed by atoms with van der Waals surface area (Å²) in [5, 5.41) is 0. The first-order valence-electron chi connectivity index (χ1n) is 11.9. The Hall–Kier alpha value is -3.27. The van der Waals surface area contributed by atoms with Crippen LogP contribution in [0.2, 0.25) is 0 Å². The zero-order chi connectivity index (χ0) is 25.3. The van der Waals surface area contributed by atoms with Gasteiger partial charge >= 0.3 is 0 Å². The molecule has 0 unspecified atom stereocenters. The Kier molecular flexibility index (Phi) is 6.79. The topological polar surface area (TPSA) is 81.0 Å². The van der Waals surface area contributed by atoms with Gasteiger partial charge in [0, 0.05) is 25.2 Å². The maximum atomic E-state index is 13.2. The predicted molar refractivity (Wildman–Crippen MR) is 141 cm³/mol. The third-order valence-electron chi connectivity index (χ3n) is 6.31. The van der Waals surface area contributed by atoms with Gasteiger partial charge in [-0.3, -0.25) is 4.79 Å². The fraction of sp³-hybridized carbons (Fsp3) is 0.259. The highest BCUT2D eigenvalue weighted by Crippen LogP contribution is 2.28. The number of ether oxygens (including phenoxy) is 1. The summed E-state index contributed by atoms with van der Waals surface area (Å²) in [6, 6.07) is 19.8. The fourth-order valence-electron chi connectivity index (χ4n) is 4.49. The minimum Gasteiger partial charge on any atom is -0.492 e. The SMILES string of the molecule is CCOc1cccc2sc(=NC(=O)c3ccc(S(=O)(=O)N4CCc5ccccc5C4)cc3)n(CC)c12. The summed E-state index contributed by atoms with van der Waals surface area (Å²) in [5.74, 6) is 0.342. The lowest BCUT2D eigenvalue weighted by atomic mass is 10.0. The first kappa shape index (κ1) is 24.4. The Morgan fingerprint density at radius 1 is 1.00 bits per heavy atom. The number of aromatic nitrogens is 1. The van der Waals surface area contributed by atoms with Crippen LogP contribution in [0.15, 0.2) is 76.6 Å². The number of fused-ring (bicyclic) bond motifs is 2. The van der Waals surface area contributed by atoms with Crippen molar-refractivity contribution in [1.29, 1.82) is 0 Å². The zero-order valence-electron chi connectivity index (χ0n) is 20.2. The largest absolute Gasteiger partial charge is 0.492 e. The van der Waals surface area contributed by atoms with Gasteiger partial charge in [0.1, 0.15) is 11.3 Å². The van der Waals surface area contributed by atoms with E-state index in [0.29, 0.717) is 43.0 Å². The Balaban J connectivity index is 1.42. The van der Waals surface area contributed by atoms with E-state index in [1.165, 1.54) is 45.5 Å². The van der Waals surface area contributed by atoms with Crippen molar-refractivity contribution in [3.8, 4) is 5.75 Å². The molecular formula is C27H27N3O4S2. The van der Waals surface area contributed by atoms with Crippen LogP contribution < -0.4 is 9.54 Å². The molecule has 9 heteroatoms. The summed E-state index contributed by atoms with van der Waals surface area (Å²) in [5.41, 5.74) is 3.47. The van der Waals surface area contributed by atoms with Gasteiger partial charge in [0.05, 0.1) is 16.2 Å². The van der Waals surface area contributed by atoms with E-state index in [1.807, 2.05) is 60.9 Å². The Bertz CT molecular complexity index is 1600. The molecular weight excluding hydrogens is 494 g/mol. The number of para-hydroxylation sites is 1. The Labute approximate surface area is 214 Å². The lowest BCUT2D eigenvalue weighted by Crippen LogP contribution is -2.35. The number of hydrogen-bond acceptors (Lipinski definition) is 5. The van der Waals surface area contributed by atoms with Gasteiger partial charge in [-0.1, -0.05) is 41.7 Å². The third-order valence-corrected chi connectivity index (χ3v) is 9.21.